The molecule has 22 heavy (non-hydrogen) atoms. The van der Waals surface area contributed by atoms with E-state index >= 15 is 0 Å². The fourth-order valence-electron chi connectivity index (χ4n) is 3.80. The predicted molar refractivity (Wildman–Crippen MR) is 86.6 cm³/mol. The summed E-state index contributed by atoms with van der Waals surface area (Å²) in [6.07, 6.45) is 0. The number of carbonyl (C=O) groups is 1. The number of amides is 1. The molecule has 1 saturated heterocycles. The Labute approximate surface area is 129 Å². The molecule has 1 fully saturated rings. The standard InChI is InChI=1S/C18H19N3O/c19-12-7-5-11(6-8-12)18(22)21-17-14-4-2-1-3-13(14)15-9-20-10-16(15)17/h1-8,15-17,20H,9-10,19H2,(H,21,22)/t15-,16-,17-/m0/s1. The molecular weight excluding hydrogens is 274 g/mol. The first-order chi connectivity index (χ1) is 10.7. The number of benzene rings is 2. The van der Waals surface area contributed by atoms with Crippen LogP contribution in [0, 0.1) is 5.92 Å². The highest BCUT2D eigenvalue weighted by atomic mass is 16.1. The van der Waals surface area contributed by atoms with Gasteiger partial charge in [-0.3, -0.25) is 4.79 Å². The van der Waals surface area contributed by atoms with Crippen LogP contribution >= 0.6 is 0 Å². The Hall–Kier alpha value is -2.33. The van der Waals surface area contributed by atoms with Gasteiger partial charge >= 0.3 is 0 Å². The molecule has 0 saturated carbocycles. The summed E-state index contributed by atoms with van der Waals surface area (Å²) in [5.74, 6) is 0.912. The van der Waals surface area contributed by atoms with Gasteiger partial charge in [0.2, 0.25) is 0 Å². The summed E-state index contributed by atoms with van der Waals surface area (Å²) in [6.45, 7) is 1.95. The van der Waals surface area contributed by atoms with Crippen molar-refractivity contribution in [3.63, 3.8) is 0 Å². The summed E-state index contributed by atoms with van der Waals surface area (Å²) < 4.78 is 0. The third-order valence-corrected chi connectivity index (χ3v) is 4.88. The minimum absolute atomic E-state index is 0.0349. The first-order valence-corrected chi connectivity index (χ1v) is 7.70. The van der Waals surface area contributed by atoms with E-state index in [9.17, 15) is 4.79 Å². The normalized spacial score (nSPS) is 25.5. The largest absolute Gasteiger partial charge is 0.399 e. The van der Waals surface area contributed by atoms with Crippen LogP contribution in [0.15, 0.2) is 48.5 Å². The summed E-state index contributed by atoms with van der Waals surface area (Å²) in [6, 6.07) is 15.6. The van der Waals surface area contributed by atoms with Crippen LogP contribution in [0.5, 0.6) is 0 Å². The highest BCUT2D eigenvalue weighted by Gasteiger charge is 2.43. The molecule has 4 N–H and O–H groups in total. The van der Waals surface area contributed by atoms with E-state index in [1.807, 2.05) is 0 Å². The second-order valence-corrected chi connectivity index (χ2v) is 6.13. The Morgan fingerprint density at radius 2 is 1.77 bits per heavy atom. The Morgan fingerprint density at radius 3 is 2.55 bits per heavy atom. The quantitative estimate of drug-likeness (QED) is 0.742. The first kappa shape index (κ1) is 13.3. The van der Waals surface area contributed by atoms with Crippen molar-refractivity contribution in [2.24, 2.45) is 5.92 Å². The van der Waals surface area contributed by atoms with Crippen LogP contribution in [0.2, 0.25) is 0 Å². The average molecular weight is 293 g/mol. The molecule has 0 spiro atoms. The first-order valence-electron chi connectivity index (χ1n) is 7.70. The van der Waals surface area contributed by atoms with E-state index in [0.717, 1.165) is 13.1 Å². The van der Waals surface area contributed by atoms with Crippen molar-refractivity contribution in [2.45, 2.75) is 12.0 Å². The number of carbonyl (C=O) groups excluding carboxylic acids is 1. The number of hydrogen-bond acceptors (Lipinski definition) is 3. The number of anilines is 1. The van der Waals surface area contributed by atoms with Gasteiger partial charge in [-0.15, -0.1) is 0 Å². The van der Waals surface area contributed by atoms with Crippen LogP contribution in [0.4, 0.5) is 5.69 Å². The molecule has 2 aliphatic rings. The van der Waals surface area contributed by atoms with Crippen molar-refractivity contribution in [1.82, 2.24) is 10.6 Å². The van der Waals surface area contributed by atoms with Gasteiger partial charge in [-0.1, -0.05) is 24.3 Å². The molecule has 112 valence electrons. The van der Waals surface area contributed by atoms with Crippen LogP contribution in [0.3, 0.4) is 0 Å². The molecule has 2 aromatic carbocycles. The van der Waals surface area contributed by atoms with Crippen molar-refractivity contribution in [2.75, 3.05) is 18.8 Å². The molecule has 3 atom stereocenters. The number of nitrogen functional groups attached to an aromatic ring is 1. The lowest BCUT2D eigenvalue weighted by Gasteiger charge is -2.20. The summed E-state index contributed by atoms with van der Waals surface area (Å²) in [4.78, 5) is 12.5. The second-order valence-electron chi connectivity index (χ2n) is 6.13. The zero-order valence-electron chi connectivity index (χ0n) is 12.3. The Morgan fingerprint density at radius 1 is 1.05 bits per heavy atom. The van der Waals surface area contributed by atoms with Gasteiger partial charge in [0, 0.05) is 36.2 Å². The van der Waals surface area contributed by atoms with Gasteiger partial charge in [0.05, 0.1) is 6.04 Å². The minimum atomic E-state index is -0.0349. The molecule has 1 heterocycles. The van der Waals surface area contributed by atoms with Gasteiger partial charge < -0.3 is 16.4 Å². The molecular formula is C18H19N3O. The van der Waals surface area contributed by atoms with E-state index in [0.29, 0.717) is 23.1 Å². The topological polar surface area (TPSA) is 67.2 Å². The van der Waals surface area contributed by atoms with E-state index in [4.69, 9.17) is 5.73 Å². The summed E-state index contributed by atoms with van der Waals surface area (Å²) in [7, 11) is 0. The van der Waals surface area contributed by atoms with E-state index in [2.05, 4.69) is 34.9 Å². The van der Waals surface area contributed by atoms with Gasteiger partial charge in [0.25, 0.3) is 5.91 Å². The van der Waals surface area contributed by atoms with Crippen molar-refractivity contribution < 1.29 is 4.79 Å². The monoisotopic (exact) mass is 293 g/mol. The van der Waals surface area contributed by atoms with Crippen molar-refractivity contribution in [1.29, 1.82) is 0 Å². The number of nitrogens with one attached hydrogen (secondary N) is 2. The lowest BCUT2D eigenvalue weighted by molar-refractivity contribution is 0.0926. The van der Waals surface area contributed by atoms with E-state index in [1.54, 1.807) is 24.3 Å². The molecule has 1 amide bonds. The van der Waals surface area contributed by atoms with E-state index < -0.39 is 0 Å². The maximum atomic E-state index is 12.5. The van der Waals surface area contributed by atoms with Crippen LogP contribution in [-0.2, 0) is 0 Å². The number of fused-ring (bicyclic) bond motifs is 3. The molecule has 0 unspecified atom stereocenters. The minimum Gasteiger partial charge on any atom is -0.399 e. The highest BCUT2D eigenvalue weighted by molar-refractivity contribution is 5.94. The maximum Gasteiger partial charge on any atom is 0.251 e. The number of hydrogen-bond donors (Lipinski definition) is 3. The predicted octanol–water partition coefficient (Wildman–Crippen LogP) is 2.06. The zero-order chi connectivity index (χ0) is 15.1. The van der Waals surface area contributed by atoms with Crippen LogP contribution in [-0.4, -0.2) is 19.0 Å². The van der Waals surface area contributed by atoms with Crippen LogP contribution < -0.4 is 16.4 Å². The molecule has 4 nitrogen and oxygen atoms in total. The summed E-state index contributed by atoms with van der Waals surface area (Å²) in [5.41, 5.74) is 9.65. The van der Waals surface area contributed by atoms with E-state index in [1.165, 1.54) is 11.1 Å². The highest BCUT2D eigenvalue weighted by Crippen LogP contribution is 2.46. The molecule has 2 aromatic rings. The molecule has 4 rings (SSSR count). The fourth-order valence-corrected chi connectivity index (χ4v) is 3.80. The van der Waals surface area contributed by atoms with Crippen LogP contribution in [0.1, 0.15) is 33.4 Å². The lowest BCUT2D eigenvalue weighted by atomic mass is 9.94. The molecule has 1 aliphatic heterocycles. The third-order valence-electron chi connectivity index (χ3n) is 4.88. The van der Waals surface area contributed by atoms with Gasteiger partial charge in [-0.2, -0.15) is 0 Å². The molecule has 0 radical (unpaired) electrons. The molecule has 4 heteroatoms. The fraction of sp³-hybridized carbons (Fsp3) is 0.278. The Bertz CT molecular complexity index is 711. The second kappa shape index (κ2) is 5.14. The van der Waals surface area contributed by atoms with Gasteiger partial charge in [-0.05, 0) is 35.4 Å². The Kier molecular flexibility index (Phi) is 3.12. The third kappa shape index (κ3) is 2.07. The number of nitrogens with two attached hydrogens (primary N) is 1. The number of rotatable bonds is 2. The Balaban J connectivity index is 1.62. The van der Waals surface area contributed by atoms with Crippen LogP contribution in [0.25, 0.3) is 0 Å². The smallest absolute Gasteiger partial charge is 0.251 e. The van der Waals surface area contributed by atoms with Gasteiger partial charge in [0.15, 0.2) is 0 Å². The molecule has 1 aliphatic carbocycles. The van der Waals surface area contributed by atoms with Crippen molar-refractivity contribution in [3.8, 4) is 0 Å². The van der Waals surface area contributed by atoms with Gasteiger partial charge in [0.1, 0.15) is 0 Å². The zero-order valence-corrected chi connectivity index (χ0v) is 12.3. The lowest BCUT2D eigenvalue weighted by Crippen LogP contribution is -2.33. The average Bonchev–Trinajstić information content (AvgIpc) is 3.11. The molecule has 0 bridgehead atoms. The van der Waals surface area contributed by atoms with Crippen molar-refractivity contribution in [3.05, 3.63) is 65.2 Å². The summed E-state index contributed by atoms with van der Waals surface area (Å²) >= 11 is 0. The van der Waals surface area contributed by atoms with Gasteiger partial charge in [-0.25, -0.2) is 0 Å². The van der Waals surface area contributed by atoms with E-state index in [-0.39, 0.29) is 11.9 Å². The van der Waals surface area contributed by atoms with Crippen molar-refractivity contribution >= 4 is 11.6 Å². The SMILES string of the molecule is Nc1ccc(C(=O)N[C@H]2c3ccccc3[C@@H]3CNC[C@@H]32)cc1. The summed E-state index contributed by atoms with van der Waals surface area (Å²) in [5, 5.41) is 6.67. The maximum absolute atomic E-state index is 12.5. The molecule has 0 aromatic heterocycles.